The first-order valence-corrected chi connectivity index (χ1v) is 11.4. The summed E-state index contributed by atoms with van der Waals surface area (Å²) in [5, 5.41) is 4.38. The summed E-state index contributed by atoms with van der Waals surface area (Å²) in [5.41, 5.74) is 0.862. The van der Waals surface area contributed by atoms with Crippen molar-refractivity contribution in [3.05, 3.63) is 35.5 Å². The molecule has 0 aliphatic carbocycles. The van der Waals surface area contributed by atoms with Gasteiger partial charge in [0, 0.05) is 19.1 Å². The highest BCUT2D eigenvalue weighted by atomic mass is 32.2. The van der Waals surface area contributed by atoms with Gasteiger partial charge < -0.3 is 9.32 Å². The fourth-order valence-electron chi connectivity index (χ4n) is 4.19. The van der Waals surface area contributed by atoms with Crippen LogP contribution in [0.1, 0.15) is 50.3 Å². The van der Waals surface area contributed by atoms with Crippen LogP contribution in [0.3, 0.4) is 0 Å². The maximum atomic E-state index is 13.1. The zero-order chi connectivity index (χ0) is 21.3. The van der Waals surface area contributed by atoms with Gasteiger partial charge in [0.15, 0.2) is 0 Å². The minimum absolute atomic E-state index is 0.0248. The molecule has 9 heteroatoms. The number of carbonyl (C=O) groups is 1. The van der Waals surface area contributed by atoms with Crippen molar-refractivity contribution in [3.8, 4) is 0 Å². The van der Waals surface area contributed by atoms with E-state index in [9.17, 15) is 13.2 Å². The Bertz CT molecular complexity index is 955. The first-order valence-electron chi connectivity index (χ1n) is 9.96. The smallest absolute Gasteiger partial charge is 0.246 e. The van der Waals surface area contributed by atoms with Gasteiger partial charge in [-0.05, 0) is 59.1 Å². The monoisotopic (exact) mass is 422 g/mol. The maximum absolute atomic E-state index is 13.1. The van der Waals surface area contributed by atoms with E-state index in [-0.39, 0.29) is 36.0 Å². The van der Waals surface area contributed by atoms with Gasteiger partial charge in [0.25, 0.3) is 0 Å². The first-order chi connectivity index (χ1) is 13.6. The first kappa shape index (κ1) is 21.6. The molecule has 0 aromatic carbocycles. The number of rotatable bonds is 6. The van der Waals surface area contributed by atoms with Crippen LogP contribution < -0.4 is 0 Å². The Morgan fingerprint density at radius 2 is 1.93 bits per heavy atom. The summed E-state index contributed by atoms with van der Waals surface area (Å²) >= 11 is 0. The summed E-state index contributed by atoms with van der Waals surface area (Å²) in [6, 6.07) is 3.82. The third-order valence-corrected chi connectivity index (χ3v) is 7.76. The second kappa shape index (κ2) is 8.31. The Morgan fingerprint density at radius 1 is 1.28 bits per heavy atom. The van der Waals surface area contributed by atoms with Crippen LogP contribution in [0.2, 0.25) is 0 Å². The molecule has 8 nitrogen and oxygen atoms in total. The third kappa shape index (κ3) is 4.25. The molecule has 3 rings (SSSR count). The largest absolute Gasteiger partial charge is 0.468 e. The number of nitrogens with zero attached hydrogens (tertiary/aromatic N) is 4. The van der Waals surface area contributed by atoms with Crippen LogP contribution in [0.15, 0.2) is 27.7 Å². The van der Waals surface area contributed by atoms with E-state index >= 15 is 0 Å². The molecule has 0 N–H and O–H groups in total. The number of sulfonamides is 1. The molecule has 2 aromatic rings. The Hall–Kier alpha value is -2.13. The van der Waals surface area contributed by atoms with Gasteiger partial charge >= 0.3 is 0 Å². The van der Waals surface area contributed by atoms with Gasteiger partial charge in [0.05, 0.1) is 24.2 Å². The molecule has 160 valence electrons. The fraction of sp³-hybridized carbons (Fsp3) is 0.600. The quantitative estimate of drug-likeness (QED) is 0.714. The minimum atomic E-state index is -3.77. The van der Waals surface area contributed by atoms with E-state index in [0.29, 0.717) is 17.1 Å². The second-order valence-electron chi connectivity index (χ2n) is 7.93. The lowest BCUT2D eigenvalue weighted by Crippen LogP contribution is -2.48. The molecule has 0 spiro atoms. The van der Waals surface area contributed by atoms with Crippen molar-refractivity contribution >= 4 is 15.9 Å². The number of carbonyl (C=O) groups excluding carboxylic acids is 1. The summed E-state index contributed by atoms with van der Waals surface area (Å²) in [6.45, 7) is 7.65. The molecule has 2 aromatic heterocycles. The Labute approximate surface area is 172 Å². The van der Waals surface area contributed by atoms with E-state index in [4.69, 9.17) is 4.42 Å². The molecular weight excluding hydrogens is 392 g/mol. The van der Waals surface area contributed by atoms with Crippen LogP contribution in [0.25, 0.3) is 0 Å². The fourth-order valence-corrected chi connectivity index (χ4v) is 5.69. The van der Waals surface area contributed by atoms with Crippen molar-refractivity contribution in [2.24, 2.45) is 0 Å². The van der Waals surface area contributed by atoms with Crippen molar-refractivity contribution < 1.29 is 17.6 Å². The maximum Gasteiger partial charge on any atom is 0.246 e. The van der Waals surface area contributed by atoms with Crippen LogP contribution in [-0.4, -0.2) is 52.4 Å². The lowest BCUT2D eigenvalue weighted by atomic mass is 9.97. The van der Waals surface area contributed by atoms with Crippen LogP contribution in [-0.2, 0) is 27.9 Å². The predicted molar refractivity (Wildman–Crippen MR) is 109 cm³/mol. The molecule has 29 heavy (non-hydrogen) atoms. The average molecular weight is 423 g/mol. The Kier molecular flexibility index (Phi) is 6.19. The van der Waals surface area contributed by atoms with E-state index < -0.39 is 10.0 Å². The number of piperidine rings is 1. The van der Waals surface area contributed by atoms with Gasteiger partial charge in [0.2, 0.25) is 15.9 Å². The highest BCUT2D eigenvalue weighted by Gasteiger charge is 2.32. The Morgan fingerprint density at radius 3 is 2.52 bits per heavy atom. The third-order valence-electron chi connectivity index (χ3n) is 5.71. The van der Waals surface area contributed by atoms with Crippen molar-refractivity contribution in [1.29, 1.82) is 0 Å². The zero-order valence-electron chi connectivity index (χ0n) is 17.8. The van der Waals surface area contributed by atoms with E-state index in [1.807, 2.05) is 4.90 Å². The van der Waals surface area contributed by atoms with Gasteiger partial charge in [-0.25, -0.2) is 8.42 Å². The van der Waals surface area contributed by atoms with Crippen LogP contribution in [0.4, 0.5) is 0 Å². The number of aromatic nitrogens is 2. The van der Waals surface area contributed by atoms with E-state index in [1.165, 1.54) is 22.3 Å². The number of amides is 1. The minimum Gasteiger partial charge on any atom is -0.468 e. The second-order valence-corrected chi connectivity index (χ2v) is 9.91. The Balaban J connectivity index is 1.83. The molecule has 0 radical (unpaired) electrons. The van der Waals surface area contributed by atoms with Crippen molar-refractivity contribution in [3.63, 3.8) is 0 Å². The molecule has 2 atom stereocenters. The molecule has 1 fully saturated rings. The van der Waals surface area contributed by atoms with Gasteiger partial charge in [-0.15, -0.1) is 0 Å². The summed E-state index contributed by atoms with van der Waals surface area (Å²) in [7, 11) is -2.26. The van der Waals surface area contributed by atoms with Gasteiger partial charge in [-0.1, -0.05) is 0 Å². The SMILES string of the molecule is Cc1nn(CC(=O)N2[C@H](C)CCC[C@H]2C)c(C)c1S(=O)(=O)N(C)Cc1ccco1. The number of hydrogen-bond acceptors (Lipinski definition) is 5. The lowest BCUT2D eigenvalue weighted by molar-refractivity contribution is -0.138. The van der Waals surface area contributed by atoms with Crippen molar-refractivity contribution in [2.45, 2.75) is 77.0 Å². The molecule has 0 unspecified atom stereocenters. The molecule has 0 bridgehead atoms. The summed E-state index contributed by atoms with van der Waals surface area (Å²) in [4.78, 5) is 15.0. The zero-order valence-corrected chi connectivity index (χ0v) is 18.6. The number of aryl methyl sites for hydroxylation is 1. The summed E-state index contributed by atoms with van der Waals surface area (Å²) in [6.07, 6.45) is 4.61. The highest BCUT2D eigenvalue weighted by molar-refractivity contribution is 7.89. The van der Waals surface area contributed by atoms with Gasteiger partial charge in [-0.3, -0.25) is 9.48 Å². The van der Waals surface area contributed by atoms with E-state index in [0.717, 1.165) is 19.3 Å². The molecule has 1 aliphatic heterocycles. The lowest BCUT2D eigenvalue weighted by Gasteiger charge is -2.39. The van der Waals surface area contributed by atoms with Gasteiger partial charge in [0.1, 0.15) is 17.2 Å². The number of furan rings is 1. The van der Waals surface area contributed by atoms with Crippen molar-refractivity contribution in [2.75, 3.05) is 7.05 Å². The van der Waals surface area contributed by atoms with E-state index in [2.05, 4.69) is 18.9 Å². The van der Waals surface area contributed by atoms with Gasteiger partial charge in [-0.2, -0.15) is 9.40 Å². The van der Waals surface area contributed by atoms with Crippen LogP contribution in [0, 0.1) is 13.8 Å². The van der Waals surface area contributed by atoms with Crippen LogP contribution in [0.5, 0.6) is 0 Å². The standard InChI is InChI=1S/C20H30N4O4S/c1-14-8-6-9-15(2)24(14)19(25)13-23-17(4)20(16(3)21-23)29(26,27)22(5)12-18-10-7-11-28-18/h7,10-11,14-15H,6,8-9,12-13H2,1-5H3/t14-,15-/m1/s1. The van der Waals surface area contributed by atoms with Crippen molar-refractivity contribution in [1.82, 2.24) is 19.0 Å². The molecule has 1 aliphatic rings. The molecule has 1 saturated heterocycles. The highest BCUT2D eigenvalue weighted by Crippen LogP contribution is 2.26. The molecule has 3 heterocycles. The number of likely N-dealkylation sites (tertiary alicyclic amines) is 1. The van der Waals surface area contributed by atoms with Crippen LogP contribution >= 0.6 is 0 Å². The summed E-state index contributed by atoms with van der Waals surface area (Å²) in [5.74, 6) is 0.533. The predicted octanol–water partition coefficient (Wildman–Crippen LogP) is 2.70. The molecular formula is C20H30N4O4S. The van der Waals surface area contributed by atoms with E-state index in [1.54, 1.807) is 26.0 Å². The normalized spacial score (nSPS) is 20.4. The molecule has 0 saturated carbocycles. The summed E-state index contributed by atoms with van der Waals surface area (Å²) < 4.78 is 34.3. The number of hydrogen-bond donors (Lipinski definition) is 0. The molecule has 1 amide bonds. The average Bonchev–Trinajstić information content (AvgIpc) is 3.23. The topological polar surface area (TPSA) is 88.7 Å².